The minimum absolute atomic E-state index is 0.162. The standard InChI is InChI=1S/C24H20ClFN2O3/c1-31-24(30)20-12-16(4-10-21(20)26)23(29)22-11-9-19(13-27-22)28(14-15-2-3-15)18-7-5-17(25)6-8-18/h4-13,15H,2-3,14H2,1H3. The second-order valence-corrected chi connectivity index (χ2v) is 7.88. The minimum atomic E-state index is -0.839. The first-order valence-electron chi connectivity index (χ1n) is 9.88. The molecule has 1 aromatic heterocycles. The lowest BCUT2D eigenvalue weighted by atomic mass is 10.0. The Morgan fingerprint density at radius 3 is 2.42 bits per heavy atom. The highest BCUT2D eigenvalue weighted by Crippen LogP contribution is 2.35. The maximum Gasteiger partial charge on any atom is 0.340 e. The van der Waals surface area contributed by atoms with Gasteiger partial charge in [0.05, 0.1) is 24.6 Å². The monoisotopic (exact) mass is 438 g/mol. The van der Waals surface area contributed by atoms with Gasteiger partial charge in [-0.05, 0) is 73.4 Å². The summed E-state index contributed by atoms with van der Waals surface area (Å²) in [5.41, 5.74) is 1.94. The number of ketones is 1. The molecule has 0 radical (unpaired) electrons. The molecule has 5 nitrogen and oxygen atoms in total. The van der Waals surface area contributed by atoms with Crippen molar-refractivity contribution in [1.29, 1.82) is 0 Å². The van der Waals surface area contributed by atoms with Gasteiger partial charge in [-0.3, -0.25) is 9.78 Å². The van der Waals surface area contributed by atoms with Gasteiger partial charge in [0.15, 0.2) is 0 Å². The molecule has 31 heavy (non-hydrogen) atoms. The van der Waals surface area contributed by atoms with E-state index >= 15 is 0 Å². The highest BCUT2D eigenvalue weighted by atomic mass is 35.5. The molecule has 3 aromatic rings. The fourth-order valence-electron chi connectivity index (χ4n) is 3.30. The molecule has 4 rings (SSSR count). The molecule has 7 heteroatoms. The number of anilines is 2. The van der Waals surface area contributed by atoms with Gasteiger partial charge in [-0.25, -0.2) is 9.18 Å². The molecule has 1 saturated carbocycles. The van der Waals surface area contributed by atoms with E-state index in [4.69, 9.17) is 11.6 Å². The number of carbonyl (C=O) groups excluding carboxylic acids is 2. The number of rotatable bonds is 7. The fraction of sp³-hybridized carbons (Fsp3) is 0.208. The zero-order valence-corrected chi connectivity index (χ0v) is 17.6. The van der Waals surface area contributed by atoms with E-state index < -0.39 is 17.6 Å². The molecule has 0 amide bonds. The molecule has 0 aliphatic heterocycles. The smallest absolute Gasteiger partial charge is 0.340 e. The third-order valence-electron chi connectivity index (χ3n) is 5.20. The number of hydrogen-bond acceptors (Lipinski definition) is 5. The van der Waals surface area contributed by atoms with Crippen LogP contribution in [0.15, 0.2) is 60.8 Å². The Morgan fingerprint density at radius 1 is 1.10 bits per heavy atom. The molecule has 2 aromatic carbocycles. The Balaban J connectivity index is 1.60. The SMILES string of the molecule is COC(=O)c1cc(C(=O)c2ccc(N(CC3CC3)c3ccc(Cl)cc3)cn2)ccc1F. The number of carbonyl (C=O) groups is 2. The lowest BCUT2D eigenvalue weighted by molar-refractivity contribution is 0.0595. The molecule has 1 aliphatic rings. The lowest BCUT2D eigenvalue weighted by Gasteiger charge is -2.25. The Bertz CT molecular complexity index is 1110. The van der Waals surface area contributed by atoms with Crippen LogP contribution in [0, 0.1) is 11.7 Å². The number of hydrogen-bond donors (Lipinski definition) is 0. The molecule has 158 valence electrons. The van der Waals surface area contributed by atoms with Crippen LogP contribution in [0.4, 0.5) is 15.8 Å². The van der Waals surface area contributed by atoms with Crippen molar-refractivity contribution in [2.24, 2.45) is 5.92 Å². The van der Waals surface area contributed by atoms with Gasteiger partial charge < -0.3 is 9.64 Å². The molecular weight excluding hydrogens is 419 g/mol. The first-order valence-corrected chi connectivity index (χ1v) is 10.3. The van der Waals surface area contributed by atoms with Crippen molar-refractivity contribution in [2.45, 2.75) is 12.8 Å². The van der Waals surface area contributed by atoms with Crippen molar-refractivity contribution in [3.8, 4) is 0 Å². The second-order valence-electron chi connectivity index (χ2n) is 7.45. The van der Waals surface area contributed by atoms with Gasteiger partial charge in [0.25, 0.3) is 0 Å². The molecule has 1 heterocycles. The molecule has 0 unspecified atom stereocenters. The Kier molecular flexibility index (Phi) is 6.00. The summed E-state index contributed by atoms with van der Waals surface area (Å²) in [6.07, 6.45) is 4.04. The molecule has 0 saturated heterocycles. The van der Waals surface area contributed by atoms with Crippen LogP contribution >= 0.6 is 11.6 Å². The molecule has 0 N–H and O–H groups in total. The number of halogens is 2. The van der Waals surface area contributed by atoms with E-state index in [2.05, 4.69) is 14.6 Å². The molecule has 0 spiro atoms. The van der Waals surface area contributed by atoms with E-state index in [1.165, 1.54) is 25.0 Å². The Hall–Kier alpha value is -3.25. The van der Waals surface area contributed by atoms with Crippen LogP contribution in [0.5, 0.6) is 0 Å². The summed E-state index contributed by atoms with van der Waals surface area (Å²) in [6.45, 7) is 0.858. The van der Waals surface area contributed by atoms with Gasteiger partial charge in [0.2, 0.25) is 5.78 Å². The van der Waals surface area contributed by atoms with Gasteiger partial charge in [-0.15, -0.1) is 0 Å². The third-order valence-corrected chi connectivity index (χ3v) is 5.45. The number of pyridine rings is 1. The van der Waals surface area contributed by atoms with Crippen molar-refractivity contribution in [2.75, 3.05) is 18.6 Å². The van der Waals surface area contributed by atoms with Crippen molar-refractivity contribution in [1.82, 2.24) is 4.98 Å². The second kappa shape index (κ2) is 8.86. The van der Waals surface area contributed by atoms with E-state index in [-0.39, 0.29) is 16.8 Å². The topological polar surface area (TPSA) is 59.5 Å². The zero-order valence-electron chi connectivity index (χ0n) is 16.8. The lowest BCUT2D eigenvalue weighted by Crippen LogP contribution is -2.20. The van der Waals surface area contributed by atoms with Crippen LogP contribution in [0.3, 0.4) is 0 Å². The van der Waals surface area contributed by atoms with E-state index in [0.717, 1.165) is 31.1 Å². The number of nitrogens with zero attached hydrogens (tertiary/aromatic N) is 2. The summed E-state index contributed by atoms with van der Waals surface area (Å²) in [5, 5.41) is 0.666. The average Bonchev–Trinajstić information content (AvgIpc) is 3.62. The summed E-state index contributed by atoms with van der Waals surface area (Å²) >= 11 is 6.02. The van der Waals surface area contributed by atoms with E-state index in [1.807, 2.05) is 30.3 Å². The normalized spacial score (nSPS) is 13.0. The number of esters is 1. The third kappa shape index (κ3) is 4.75. The van der Waals surface area contributed by atoms with Crippen molar-refractivity contribution in [3.63, 3.8) is 0 Å². The summed E-state index contributed by atoms with van der Waals surface area (Å²) in [6, 6.07) is 14.7. The van der Waals surface area contributed by atoms with Crippen LogP contribution in [0.2, 0.25) is 5.02 Å². The van der Waals surface area contributed by atoms with Crippen LogP contribution in [-0.4, -0.2) is 30.4 Å². The van der Waals surface area contributed by atoms with Gasteiger partial charge in [-0.2, -0.15) is 0 Å². The first kappa shape index (κ1) is 21.0. The summed E-state index contributed by atoms with van der Waals surface area (Å²) in [4.78, 5) is 31.0. The summed E-state index contributed by atoms with van der Waals surface area (Å²) in [5.74, 6) is -1.36. The maximum atomic E-state index is 13.9. The van der Waals surface area contributed by atoms with Gasteiger partial charge in [0, 0.05) is 22.8 Å². The highest BCUT2D eigenvalue weighted by molar-refractivity contribution is 6.30. The minimum Gasteiger partial charge on any atom is -0.465 e. The molecular formula is C24H20ClFN2O3. The number of methoxy groups -OCH3 is 1. The predicted octanol–water partition coefficient (Wildman–Crippen LogP) is 5.44. The highest BCUT2D eigenvalue weighted by Gasteiger charge is 2.26. The van der Waals surface area contributed by atoms with Crippen LogP contribution in [0.1, 0.15) is 39.3 Å². The van der Waals surface area contributed by atoms with E-state index in [0.29, 0.717) is 10.9 Å². The quantitative estimate of drug-likeness (QED) is 0.363. The predicted molar refractivity (Wildman–Crippen MR) is 117 cm³/mol. The number of ether oxygens (including phenoxy) is 1. The number of aromatic nitrogens is 1. The van der Waals surface area contributed by atoms with E-state index in [1.54, 1.807) is 12.3 Å². The fourth-order valence-corrected chi connectivity index (χ4v) is 3.43. The van der Waals surface area contributed by atoms with Crippen molar-refractivity contribution in [3.05, 3.63) is 88.5 Å². The van der Waals surface area contributed by atoms with Gasteiger partial charge >= 0.3 is 5.97 Å². The largest absolute Gasteiger partial charge is 0.465 e. The van der Waals surface area contributed by atoms with Crippen LogP contribution in [-0.2, 0) is 4.74 Å². The van der Waals surface area contributed by atoms with E-state index in [9.17, 15) is 14.0 Å². The summed E-state index contributed by atoms with van der Waals surface area (Å²) in [7, 11) is 1.16. The van der Waals surface area contributed by atoms with Gasteiger partial charge in [0.1, 0.15) is 11.5 Å². The number of benzene rings is 2. The molecule has 0 atom stereocenters. The van der Waals surface area contributed by atoms with Crippen LogP contribution < -0.4 is 4.90 Å². The van der Waals surface area contributed by atoms with Gasteiger partial charge in [-0.1, -0.05) is 11.6 Å². The summed E-state index contributed by atoms with van der Waals surface area (Å²) < 4.78 is 18.4. The molecule has 1 fully saturated rings. The van der Waals surface area contributed by atoms with Crippen molar-refractivity contribution < 1.29 is 18.7 Å². The average molecular weight is 439 g/mol. The molecule has 1 aliphatic carbocycles. The first-order chi connectivity index (χ1) is 15.0. The molecule has 0 bridgehead atoms. The zero-order chi connectivity index (χ0) is 22.0. The maximum absolute atomic E-state index is 13.9. The Morgan fingerprint density at radius 2 is 1.81 bits per heavy atom. The van der Waals surface area contributed by atoms with Crippen molar-refractivity contribution >= 4 is 34.7 Å². The Labute approximate surface area is 184 Å². The van der Waals surface area contributed by atoms with Crippen LogP contribution in [0.25, 0.3) is 0 Å².